The fourth-order valence-corrected chi connectivity index (χ4v) is 2.01. The lowest BCUT2D eigenvalue weighted by atomic mass is 10.1. The van der Waals surface area contributed by atoms with Crippen molar-refractivity contribution in [1.82, 2.24) is 10.2 Å². The molecule has 0 unspecified atom stereocenters. The molecule has 4 nitrogen and oxygen atoms in total. The van der Waals surface area contributed by atoms with Crippen molar-refractivity contribution < 1.29 is 4.74 Å². The van der Waals surface area contributed by atoms with Crippen LogP contribution in [-0.4, -0.2) is 23.3 Å². The first-order valence-electron chi connectivity index (χ1n) is 6.51. The van der Waals surface area contributed by atoms with Crippen molar-refractivity contribution in [2.75, 3.05) is 12.4 Å². The van der Waals surface area contributed by atoms with E-state index in [1.165, 1.54) is 18.4 Å². The third-order valence-corrected chi connectivity index (χ3v) is 3.22. The van der Waals surface area contributed by atoms with E-state index in [0.717, 1.165) is 22.8 Å². The van der Waals surface area contributed by atoms with Crippen LogP contribution in [0.4, 0.5) is 5.82 Å². The van der Waals surface area contributed by atoms with Gasteiger partial charge < -0.3 is 10.1 Å². The molecule has 1 heterocycles. The summed E-state index contributed by atoms with van der Waals surface area (Å²) in [6.07, 6.45) is 2.46. The molecule has 19 heavy (non-hydrogen) atoms. The highest BCUT2D eigenvalue weighted by Crippen LogP contribution is 2.30. The number of nitrogens with zero attached hydrogens (tertiary/aromatic N) is 2. The minimum absolute atomic E-state index is 0.591. The number of benzene rings is 1. The first-order valence-corrected chi connectivity index (χ1v) is 6.51. The maximum atomic E-state index is 5.38. The molecule has 98 valence electrons. The van der Waals surface area contributed by atoms with Crippen LogP contribution in [0.2, 0.25) is 0 Å². The Morgan fingerprint density at radius 2 is 2.00 bits per heavy atom. The van der Waals surface area contributed by atoms with Gasteiger partial charge in [-0.25, -0.2) is 0 Å². The van der Waals surface area contributed by atoms with Gasteiger partial charge in [-0.1, -0.05) is 11.6 Å². The van der Waals surface area contributed by atoms with E-state index in [0.29, 0.717) is 6.04 Å². The highest BCUT2D eigenvalue weighted by molar-refractivity contribution is 5.68. The minimum atomic E-state index is 0.591. The third-order valence-electron chi connectivity index (χ3n) is 3.22. The van der Waals surface area contributed by atoms with Crippen LogP contribution in [-0.2, 0) is 0 Å². The highest BCUT2D eigenvalue weighted by Gasteiger charge is 2.21. The molecule has 1 aromatic carbocycles. The standard InChI is InChI=1S/C15H17N3O/c1-10-3-7-14(19-2)12(9-10)13-6-8-15(18-17-13)16-11-4-5-11/h3,6-9,11H,4-5H2,1-2H3,(H,16,18). The Morgan fingerprint density at radius 3 is 2.63 bits per heavy atom. The van der Waals surface area contributed by atoms with Crippen LogP contribution in [0, 0.1) is 6.92 Å². The van der Waals surface area contributed by atoms with Gasteiger partial charge in [-0.3, -0.25) is 0 Å². The van der Waals surface area contributed by atoms with Gasteiger partial charge in [-0.15, -0.1) is 10.2 Å². The number of hydrogen-bond donors (Lipinski definition) is 1. The maximum absolute atomic E-state index is 5.38. The number of hydrogen-bond acceptors (Lipinski definition) is 4. The largest absolute Gasteiger partial charge is 0.496 e. The van der Waals surface area contributed by atoms with E-state index in [-0.39, 0.29) is 0 Å². The van der Waals surface area contributed by atoms with E-state index in [9.17, 15) is 0 Å². The summed E-state index contributed by atoms with van der Waals surface area (Å²) in [7, 11) is 1.67. The lowest BCUT2D eigenvalue weighted by Gasteiger charge is -2.09. The van der Waals surface area contributed by atoms with Gasteiger partial charge in [0.05, 0.1) is 12.8 Å². The molecule has 1 aromatic heterocycles. The van der Waals surface area contributed by atoms with Gasteiger partial charge in [0.15, 0.2) is 0 Å². The summed E-state index contributed by atoms with van der Waals surface area (Å²) in [4.78, 5) is 0. The van der Waals surface area contributed by atoms with E-state index < -0.39 is 0 Å². The molecule has 0 bridgehead atoms. The summed E-state index contributed by atoms with van der Waals surface area (Å²) in [5.74, 6) is 1.67. The Morgan fingerprint density at radius 1 is 1.16 bits per heavy atom. The van der Waals surface area contributed by atoms with E-state index in [2.05, 4.69) is 28.5 Å². The van der Waals surface area contributed by atoms with Crippen molar-refractivity contribution in [2.24, 2.45) is 0 Å². The molecule has 2 aromatic rings. The number of aromatic nitrogens is 2. The third kappa shape index (κ3) is 2.67. The Bertz CT molecular complexity index is 576. The second-order valence-corrected chi connectivity index (χ2v) is 4.93. The van der Waals surface area contributed by atoms with Crippen molar-refractivity contribution in [3.05, 3.63) is 35.9 Å². The second-order valence-electron chi connectivity index (χ2n) is 4.93. The zero-order valence-electron chi connectivity index (χ0n) is 11.2. The topological polar surface area (TPSA) is 47.0 Å². The van der Waals surface area contributed by atoms with Gasteiger partial charge in [-0.2, -0.15) is 0 Å². The molecule has 1 saturated carbocycles. The quantitative estimate of drug-likeness (QED) is 0.912. The number of rotatable bonds is 4. The summed E-state index contributed by atoms with van der Waals surface area (Å²) in [6, 6.07) is 10.6. The normalized spacial score (nSPS) is 14.2. The summed E-state index contributed by atoms with van der Waals surface area (Å²) >= 11 is 0. The number of methoxy groups -OCH3 is 1. The van der Waals surface area contributed by atoms with Crippen LogP contribution in [0.25, 0.3) is 11.3 Å². The average Bonchev–Trinajstić information content (AvgIpc) is 3.23. The molecule has 0 amide bonds. The predicted molar refractivity (Wildman–Crippen MR) is 75.4 cm³/mol. The van der Waals surface area contributed by atoms with Gasteiger partial charge in [-0.05, 0) is 44.0 Å². The predicted octanol–water partition coefficient (Wildman–Crippen LogP) is 3.03. The van der Waals surface area contributed by atoms with Crippen molar-refractivity contribution in [3.8, 4) is 17.0 Å². The lowest BCUT2D eigenvalue weighted by Crippen LogP contribution is -2.04. The smallest absolute Gasteiger partial charge is 0.148 e. The van der Waals surface area contributed by atoms with Crippen LogP contribution < -0.4 is 10.1 Å². The monoisotopic (exact) mass is 255 g/mol. The molecule has 0 saturated heterocycles. The van der Waals surface area contributed by atoms with E-state index in [1.807, 2.05) is 24.3 Å². The van der Waals surface area contributed by atoms with Gasteiger partial charge >= 0.3 is 0 Å². The van der Waals surface area contributed by atoms with Crippen molar-refractivity contribution in [3.63, 3.8) is 0 Å². The SMILES string of the molecule is COc1ccc(C)cc1-c1ccc(NC2CC2)nn1. The molecule has 4 heteroatoms. The summed E-state index contributed by atoms with van der Waals surface area (Å²) in [5.41, 5.74) is 2.99. The second kappa shape index (κ2) is 4.88. The molecule has 1 aliphatic rings. The fraction of sp³-hybridized carbons (Fsp3) is 0.333. The first kappa shape index (κ1) is 12.0. The van der Waals surface area contributed by atoms with Crippen LogP contribution in [0.3, 0.4) is 0 Å². The van der Waals surface area contributed by atoms with E-state index in [4.69, 9.17) is 4.74 Å². The molecule has 1 fully saturated rings. The first-order chi connectivity index (χ1) is 9.26. The van der Waals surface area contributed by atoms with Crippen molar-refractivity contribution in [1.29, 1.82) is 0 Å². The summed E-state index contributed by atoms with van der Waals surface area (Å²) in [5, 5.41) is 11.8. The molecule has 0 spiro atoms. The van der Waals surface area contributed by atoms with E-state index in [1.54, 1.807) is 7.11 Å². The Labute approximate surface area is 112 Å². The Hall–Kier alpha value is -2.10. The fourth-order valence-electron chi connectivity index (χ4n) is 2.01. The van der Waals surface area contributed by atoms with Gasteiger partial charge in [0.25, 0.3) is 0 Å². The van der Waals surface area contributed by atoms with Crippen LogP contribution >= 0.6 is 0 Å². The van der Waals surface area contributed by atoms with Gasteiger partial charge in [0, 0.05) is 11.6 Å². The molecule has 0 atom stereocenters. The number of ether oxygens (including phenoxy) is 1. The van der Waals surface area contributed by atoms with Crippen molar-refractivity contribution >= 4 is 5.82 Å². The van der Waals surface area contributed by atoms with E-state index >= 15 is 0 Å². The molecule has 0 aliphatic heterocycles. The molecule has 1 N–H and O–H groups in total. The van der Waals surface area contributed by atoms with Gasteiger partial charge in [0.1, 0.15) is 11.6 Å². The molecular formula is C15H17N3O. The zero-order valence-corrected chi connectivity index (χ0v) is 11.2. The summed E-state index contributed by atoms with van der Waals surface area (Å²) < 4.78 is 5.38. The number of aryl methyl sites for hydroxylation is 1. The Kier molecular flexibility index (Phi) is 3.07. The highest BCUT2D eigenvalue weighted by atomic mass is 16.5. The Balaban J connectivity index is 1.90. The molecule has 3 rings (SSSR count). The average molecular weight is 255 g/mol. The lowest BCUT2D eigenvalue weighted by molar-refractivity contribution is 0.416. The minimum Gasteiger partial charge on any atom is -0.496 e. The number of anilines is 1. The van der Waals surface area contributed by atoms with Crippen LogP contribution in [0.5, 0.6) is 5.75 Å². The van der Waals surface area contributed by atoms with Crippen molar-refractivity contribution in [2.45, 2.75) is 25.8 Å². The molecular weight excluding hydrogens is 238 g/mol. The molecule has 0 radical (unpaired) electrons. The maximum Gasteiger partial charge on any atom is 0.148 e. The van der Waals surface area contributed by atoms with Crippen LogP contribution in [0.15, 0.2) is 30.3 Å². The molecule has 1 aliphatic carbocycles. The summed E-state index contributed by atoms with van der Waals surface area (Å²) in [6.45, 7) is 2.05. The zero-order chi connectivity index (χ0) is 13.2. The number of nitrogens with one attached hydrogen (secondary N) is 1. The van der Waals surface area contributed by atoms with Crippen LogP contribution in [0.1, 0.15) is 18.4 Å². The van der Waals surface area contributed by atoms with Gasteiger partial charge in [0.2, 0.25) is 0 Å².